The Hall–Kier alpha value is -2.40. The fourth-order valence-electron chi connectivity index (χ4n) is 2.77. The molecular weight excluding hydrogens is 456 g/mol. The summed E-state index contributed by atoms with van der Waals surface area (Å²) in [4.78, 5) is 28.5. The van der Waals surface area contributed by atoms with E-state index in [1.54, 1.807) is 17.8 Å². The maximum absolute atomic E-state index is 13.0. The van der Waals surface area contributed by atoms with Crippen LogP contribution in [0.1, 0.15) is 39.5 Å². The number of nitrogens with zero attached hydrogens (tertiary/aromatic N) is 3. The average Bonchev–Trinajstić information content (AvgIpc) is 3.14. The minimum absolute atomic E-state index is 0.0726. The molecule has 0 saturated heterocycles. The van der Waals surface area contributed by atoms with Crippen LogP contribution in [0.2, 0.25) is 0 Å². The van der Waals surface area contributed by atoms with Crippen molar-refractivity contribution in [3.63, 3.8) is 0 Å². The highest BCUT2D eigenvalue weighted by molar-refractivity contribution is 9.10. The van der Waals surface area contributed by atoms with Gasteiger partial charge in [-0.15, -0.1) is 11.3 Å². The van der Waals surface area contributed by atoms with Crippen molar-refractivity contribution in [1.29, 1.82) is 0 Å². The standard InChI is InChI=1S/C17H16BrF2N5O2S/c1-7-5-10(15(19)20)23-17-12(7)13(14(28-17)16(21)27)24-11(26)3-4-25-8(2)9(18)6-22-25/h5-6,15H,3-4H2,1-2H3,(H2,21,27)(H,24,26). The van der Waals surface area contributed by atoms with Crippen molar-refractivity contribution in [1.82, 2.24) is 14.8 Å². The van der Waals surface area contributed by atoms with Crippen LogP contribution in [0.15, 0.2) is 16.7 Å². The Bertz CT molecular complexity index is 1080. The van der Waals surface area contributed by atoms with Gasteiger partial charge in [0.1, 0.15) is 15.4 Å². The number of fused-ring (bicyclic) bond motifs is 1. The van der Waals surface area contributed by atoms with E-state index in [0.717, 1.165) is 21.5 Å². The van der Waals surface area contributed by atoms with Gasteiger partial charge < -0.3 is 11.1 Å². The first-order chi connectivity index (χ1) is 13.2. The lowest BCUT2D eigenvalue weighted by molar-refractivity contribution is -0.116. The second-order valence-electron chi connectivity index (χ2n) is 6.11. The zero-order valence-corrected chi connectivity index (χ0v) is 17.3. The van der Waals surface area contributed by atoms with Crippen LogP contribution in [-0.2, 0) is 11.3 Å². The fraction of sp³-hybridized carbons (Fsp3) is 0.294. The van der Waals surface area contributed by atoms with Crippen LogP contribution < -0.4 is 11.1 Å². The Labute approximate surface area is 171 Å². The molecule has 0 unspecified atom stereocenters. The molecular formula is C17H16BrF2N5O2S. The number of hydrogen-bond donors (Lipinski definition) is 2. The number of nitrogens with two attached hydrogens (primary N) is 1. The maximum atomic E-state index is 13.0. The van der Waals surface area contributed by atoms with Crippen LogP contribution in [0.5, 0.6) is 0 Å². The smallest absolute Gasteiger partial charge is 0.280 e. The molecule has 11 heteroatoms. The summed E-state index contributed by atoms with van der Waals surface area (Å²) in [6, 6.07) is 1.24. The van der Waals surface area contributed by atoms with Crippen LogP contribution >= 0.6 is 27.3 Å². The molecule has 3 rings (SSSR count). The number of carbonyl (C=O) groups excluding carboxylic acids is 2. The monoisotopic (exact) mass is 471 g/mol. The number of thiophene rings is 1. The zero-order chi connectivity index (χ0) is 20.6. The average molecular weight is 472 g/mol. The lowest BCUT2D eigenvalue weighted by Crippen LogP contribution is -2.18. The van der Waals surface area contributed by atoms with E-state index >= 15 is 0 Å². The van der Waals surface area contributed by atoms with E-state index in [2.05, 4.69) is 31.3 Å². The molecule has 3 heterocycles. The number of pyridine rings is 1. The van der Waals surface area contributed by atoms with Gasteiger partial charge in [0, 0.05) is 17.5 Å². The summed E-state index contributed by atoms with van der Waals surface area (Å²) in [6.07, 6.45) is -0.996. The molecule has 0 fully saturated rings. The third-order valence-electron chi connectivity index (χ3n) is 4.18. The number of nitrogens with one attached hydrogen (secondary N) is 1. The number of alkyl halides is 2. The molecule has 148 valence electrons. The van der Waals surface area contributed by atoms with Crippen LogP contribution in [-0.4, -0.2) is 26.6 Å². The first-order valence-corrected chi connectivity index (χ1v) is 9.79. The van der Waals surface area contributed by atoms with Gasteiger partial charge in [0.2, 0.25) is 5.91 Å². The minimum Gasteiger partial charge on any atom is -0.365 e. The molecule has 0 radical (unpaired) electrons. The van der Waals surface area contributed by atoms with Crippen LogP contribution in [0, 0.1) is 13.8 Å². The normalized spacial score (nSPS) is 11.4. The molecule has 3 aromatic heterocycles. The van der Waals surface area contributed by atoms with Gasteiger partial charge in [0.25, 0.3) is 12.3 Å². The molecule has 3 aromatic rings. The second-order valence-corrected chi connectivity index (χ2v) is 7.97. The fourth-order valence-corrected chi connectivity index (χ4v) is 4.13. The summed E-state index contributed by atoms with van der Waals surface area (Å²) in [7, 11) is 0. The van der Waals surface area contributed by atoms with Gasteiger partial charge in [-0.25, -0.2) is 13.8 Å². The van der Waals surface area contributed by atoms with E-state index in [4.69, 9.17) is 5.73 Å². The van der Waals surface area contributed by atoms with E-state index in [9.17, 15) is 18.4 Å². The van der Waals surface area contributed by atoms with Crippen molar-refractivity contribution in [2.24, 2.45) is 5.73 Å². The van der Waals surface area contributed by atoms with Crippen molar-refractivity contribution < 1.29 is 18.4 Å². The topological polar surface area (TPSA) is 103 Å². The van der Waals surface area contributed by atoms with E-state index in [1.807, 2.05) is 6.92 Å². The summed E-state index contributed by atoms with van der Waals surface area (Å²) in [6.45, 7) is 3.82. The molecule has 0 aromatic carbocycles. The Balaban J connectivity index is 1.90. The largest absolute Gasteiger partial charge is 0.365 e. The maximum Gasteiger partial charge on any atom is 0.280 e. The number of aryl methyl sites for hydroxylation is 2. The summed E-state index contributed by atoms with van der Waals surface area (Å²) < 4.78 is 28.5. The number of anilines is 1. The quantitative estimate of drug-likeness (QED) is 0.568. The van der Waals surface area contributed by atoms with Gasteiger partial charge in [-0.1, -0.05) is 0 Å². The highest BCUT2D eigenvalue weighted by Crippen LogP contribution is 2.38. The summed E-state index contributed by atoms with van der Waals surface area (Å²) >= 11 is 4.24. The Morgan fingerprint density at radius 3 is 2.68 bits per heavy atom. The number of rotatable bonds is 6. The van der Waals surface area contributed by atoms with E-state index < -0.39 is 12.3 Å². The van der Waals surface area contributed by atoms with Crippen molar-refractivity contribution in [2.45, 2.75) is 33.2 Å². The Morgan fingerprint density at radius 2 is 2.11 bits per heavy atom. The van der Waals surface area contributed by atoms with Gasteiger partial charge in [-0.2, -0.15) is 5.10 Å². The number of halogens is 3. The van der Waals surface area contributed by atoms with E-state index in [0.29, 0.717) is 17.5 Å². The molecule has 2 amide bonds. The van der Waals surface area contributed by atoms with Crippen LogP contribution in [0.4, 0.5) is 14.5 Å². The molecule has 0 aliphatic rings. The molecule has 0 atom stereocenters. The molecule has 0 aliphatic heterocycles. The predicted octanol–water partition coefficient (Wildman–Crippen LogP) is 3.94. The lowest BCUT2D eigenvalue weighted by Gasteiger charge is -2.09. The summed E-state index contributed by atoms with van der Waals surface area (Å²) in [5, 5.41) is 7.29. The number of primary amides is 1. The van der Waals surface area contributed by atoms with Gasteiger partial charge in [-0.3, -0.25) is 14.3 Å². The Morgan fingerprint density at radius 1 is 1.39 bits per heavy atom. The third-order valence-corrected chi connectivity index (χ3v) is 6.06. The minimum atomic E-state index is -2.74. The highest BCUT2D eigenvalue weighted by Gasteiger charge is 2.23. The first kappa shape index (κ1) is 20.3. The van der Waals surface area contributed by atoms with Crippen molar-refractivity contribution >= 4 is 55.0 Å². The molecule has 0 aliphatic carbocycles. The lowest BCUT2D eigenvalue weighted by atomic mass is 10.1. The molecule has 7 nitrogen and oxygen atoms in total. The number of hydrogen-bond acceptors (Lipinski definition) is 5. The number of amides is 2. The van der Waals surface area contributed by atoms with E-state index in [1.165, 1.54) is 6.07 Å². The van der Waals surface area contributed by atoms with Crippen LogP contribution in [0.3, 0.4) is 0 Å². The molecule has 3 N–H and O–H groups in total. The van der Waals surface area contributed by atoms with Gasteiger partial charge >= 0.3 is 0 Å². The predicted molar refractivity (Wildman–Crippen MR) is 106 cm³/mol. The molecule has 0 spiro atoms. The Kier molecular flexibility index (Phi) is 5.75. The third kappa shape index (κ3) is 3.90. The van der Waals surface area contributed by atoms with Crippen LogP contribution in [0.25, 0.3) is 10.2 Å². The van der Waals surface area contributed by atoms with Gasteiger partial charge in [0.15, 0.2) is 0 Å². The molecule has 0 saturated carbocycles. The van der Waals surface area contributed by atoms with Gasteiger partial charge in [-0.05, 0) is 41.4 Å². The molecule has 28 heavy (non-hydrogen) atoms. The van der Waals surface area contributed by atoms with Crippen molar-refractivity contribution in [3.8, 4) is 0 Å². The zero-order valence-electron chi connectivity index (χ0n) is 14.9. The van der Waals surface area contributed by atoms with Crippen molar-refractivity contribution in [2.75, 3.05) is 5.32 Å². The number of carbonyl (C=O) groups is 2. The molecule has 0 bridgehead atoms. The summed E-state index contributed by atoms with van der Waals surface area (Å²) in [5.41, 5.74) is 6.59. The SMILES string of the molecule is Cc1cc(C(F)F)nc2sc(C(N)=O)c(NC(=O)CCn3ncc(Br)c3C)c12. The van der Waals surface area contributed by atoms with E-state index in [-0.39, 0.29) is 33.4 Å². The number of aromatic nitrogens is 3. The summed E-state index contributed by atoms with van der Waals surface area (Å²) in [5.74, 6) is -1.12. The van der Waals surface area contributed by atoms with Gasteiger partial charge in [0.05, 0.1) is 22.9 Å². The first-order valence-electron chi connectivity index (χ1n) is 8.18. The van der Waals surface area contributed by atoms with Crippen molar-refractivity contribution in [3.05, 3.63) is 38.6 Å². The highest BCUT2D eigenvalue weighted by atomic mass is 79.9. The second kappa shape index (κ2) is 7.92.